The van der Waals surface area contributed by atoms with Crippen LogP contribution in [0.25, 0.3) is 0 Å². The number of nitrogens with one attached hydrogen (secondary N) is 1. The van der Waals surface area contributed by atoms with E-state index >= 15 is 0 Å². The Morgan fingerprint density at radius 2 is 1.67 bits per heavy atom. The third-order valence-corrected chi connectivity index (χ3v) is 5.49. The molecule has 0 heterocycles. The minimum Gasteiger partial charge on any atom is -0.484 e. The number of carbonyl (C=O) groups excluding carboxylic acids is 2. The second-order valence-corrected chi connectivity index (χ2v) is 8.29. The zero-order valence-corrected chi connectivity index (χ0v) is 19.7. The lowest BCUT2D eigenvalue weighted by atomic mass is 10.0. The van der Waals surface area contributed by atoms with Crippen LogP contribution < -0.4 is 10.1 Å². The number of carbonyl (C=O) groups is 2. The zero-order valence-electron chi connectivity index (χ0n) is 19.0. The number of rotatable bonds is 10. The number of ether oxygens (including phenoxy) is 1. The van der Waals surface area contributed by atoms with Gasteiger partial charge in [-0.05, 0) is 49.2 Å². The molecule has 0 saturated heterocycles. The van der Waals surface area contributed by atoms with Crippen LogP contribution in [0.3, 0.4) is 0 Å². The average molecular weight is 465 g/mol. The van der Waals surface area contributed by atoms with Gasteiger partial charge in [-0.25, -0.2) is 0 Å². The summed E-state index contributed by atoms with van der Waals surface area (Å²) in [7, 11) is 0. The van der Waals surface area contributed by atoms with Crippen LogP contribution in [0.5, 0.6) is 5.75 Å². The topological polar surface area (TPSA) is 58.6 Å². The molecule has 0 aromatic heterocycles. The highest BCUT2D eigenvalue weighted by atomic mass is 35.5. The van der Waals surface area contributed by atoms with Crippen LogP contribution in [0.15, 0.2) is 78.9 Å². The van der Waals surface area contributed by atoms with Gasteiger partial charge in [-0.1, -0.05) is 71.8 Å². The van der Waals surface area contributed by atoms with Crippen LogP contribution in [0.2, 0.25) is 5.02 Å². The summed E-state index contributed by atoms with van der Waals surface area (Å²) >= 11 is 5.94. The minimum atomic E-state index is -0.672. The predicted molar refractivity (Wildman–Crippen MR) is 131 cm³/mol. The summed E-state index contributed by atoms with van der Waals surface area (Å²) in [6.45, 7) is 4.48. The first-order valence-corrected chi connectivity index (χ1v) is 11.4. The Hall–Kier alpha value is -3.31. The van der Waals surface area contributed by atoms with Gasteiger partial charge in [0.1, 0.15) is 11.8 Å². The van der Waals surface area contributed by atoms with Crippen molar-refractivity contribution in [1.29, 1.82) is 0 Å². The Bertz CT molecular complexity index is 1050. The maximum atomic E-state index is 13.4. The normalized spacial score (nSPS) is 11.5. The molecule has 0 aliphatic carbocycles. The zero-order chi connectivity index (χ0) is 23.6. The lowest BCUT2D eigenvalue weighted by Gasteiger charge is -2.31. The first kappa shape index (κ1) is 24.3. The molecule has 0 radical (unpaired) electrons. The van der Waals surface area contributed by atoms with Crippen molar-refractivity contribution in [3.05, 3.63) is 101 Å². The summed E-state index contributed by atoms with van der Waals surface area (Å²) < 4.78 is 5.72. The summed E-state index contributed by atoms with van der Waals surface area (Å²) in [5.74, 6) is 0.0911. The highest BCUT2D eigenvalue weighted by Crippen LogP contribution is 2.18. The summed E-state index contributed by atoms with van der Waals surface area (Å²) in [6, 6.07) is 23.8. The number of aryl methyl sites for hydroxylation is 1. The van der Waals surface area contributed by atoms with Crippen LogP contribution in [0.1, 0.15) is 23.6 Å². The van der Waals surface area contributed by atoms with Crippen LogP contribution in [0.4, 0.5) is 0 Å². The number of nitrogens with zero attached hydrogens (tertiary/aromatic N) is 1. The van der Waals surface area contributed by atoms with E-state index in [9.17, 15) is 9.59 Å². The Morgan fingerprint density at radius 1 is 0.970 bits per heavy atom. The molecule has 1 unspecified atom stereocenters. The third-order valence-electron chi connectivity index (χ3n) is 5.23. The summed E-state index contributed by atoms with van der Waals surface area (Å²) in [6.07, 6.45) is 0.408. The van der Waals surface area contributed by atoms with Gasteiger partial charge in [0.25, 0.3) is 5.91 Å². The van der Waals surface area contributed by atoms with E-state index in [-0.39, 0.29) is 18.4 Å². The van der Waals surface area contributed by atoms with Crippen molar-refractivity contribution in [3.8, 4) is 5.75 Å². The number of hydrogen-bond acceptors (Lipinski definition) is 3. The number of benzene rings is 3. The average Bonchev–Trinajstić information content (AvgIpc) is 2.81. The van der Waals surface area contributed by atoms with E-state index in [4.69, 9.17) is 16.3 Å². The van der Waals surface area contributed by atoms with Crippen molar-refractivity contribution in [2.24, 2.45) is 0 Å². The lowest BCUT2D eigenvalue weighted by Crippen LogP contribution is -2.51. The monoisotopic (exact) mass is 464 g/mol. The van der Waals surface area contributed by atoms with Crippen LogP contribution in [-0.4, -0.2) is 35.9 Å². The first-order valence-electron chi connectivity index (χ1n) is 11.0. The van der Waals surface area contributed by atoms with Crippen molar-refractivity contribution >= 4 is 23.4 Å². The SMILES string of the molecule is CCNC(=O)C(Cc1ccccc1)N(Cc1cccc(C)c1)C(=O)COc1ccc(Cl)cc1. The molecule has 3 aromatic rings. The Morgan fingerprint density at radius 3 is 2.33 bits per heavy atom. The summed E-state index contributed by atoms with van der Waals surface area (Å²) in [4.78, 5) is 28.1. The highest BCUT2D eigenvalue weighted by Gasteiger charge is 2.30. The second kappa shape index (κ2) is 12.1. The first-order chi connectivity index (χ1) is 16.0. The van der Waals surface area contributed by atoms with Gasteiger partial charge in [-0.2, -0.15) is 0 Å². The van der Waals surface area contributed by atoms with Gasteiger partial charge in [0.15, 0.2) is 6.61 Å². The van der Waals surface area contributed by atoms with Crippen molar-refractivity contribution in [1.82, 2.24) is 10.2 Å². The molecule has 0 spiro atoms. The molecule has 172 valence electrons. The maximum Gasteiger partial charge on any atom is 0.261 e. The lowest BCUT2D eigenvalue weighted by molar-refractivity contribution is -0.142. The van der Waals surface area contributed by atoms with Gasteiger partial charge in [-0.3, -0.25) is 9.59 Å². The van der Waals surface area contributed by atoms with Gasteiger partial charge in [-0.15, -0.1) is 0 Å². The molecule has 1 N–H and O–H groups in total. The fourth-order valence-electron chi connectivity index (χ4n) is 3.61. The second-order valence-electron chi connectivity index (χ2n) is 7.85. The molecule has 6 heteroatoms. The molecule has 3 aromatic carbocycles. The smallest absolute Gasteiger partial charge is 0.261 e. The van der Waals surface area contributed by atoms with Gasteiger partial charge in [0.05, 0.1) is 0 Å². The van der Waals surface area contributed by atoms with Gasteiger partial charge in [0.2, 0.25) is 5.91 Å². The Balaban J connectivity index is 1.88. The fourth-order valence-corrected chi connectivity index (χ4v) is 3.74. The number of hydrogen-bond donors (Lipinski definition) is 1. The van der Waals surface area contributed by atoms with E-state index in [1.165, 1.54) is 0 Å². The van der Waals surface area contributed by atoms with Crippen LogP contribution >= 0.6 is 11.6 Å². The van der Waals surface area contributed by atoms with E-state index < -0.39 is 6.04 Å². The van der Waals surface area contributed by atoms with E-state index in [2.05, 4.69) is 5.32 Å². The quantitative estimate of drug-likeness (QED) is 0.468. The molecule has 33 heavy (non-hydrogen) atoms. The molecule has 2 amide bonds. The molecule has 0 aliphatic heterocycles. The van der Waals surface area contributed by atoms with E-state index in [0.717, 1.165) is 16.7 Å². The fraction of sp³-hybridized carbons (Fsp3) is 0.259. The Labute approximate surface area is 200 Å². The number of amides is 2. The van der Waals surface area contributed by atoms with Crippen molar-refractivity contribution < 1.29 is 14.3 Å². The molecule has 3 rings (SSSR count). The number of likely N-dealkylation sites (N-methyl/N-ethyl adjacent to an activating group) is 1. The largest absolute Gasteiger partial charge is 0.484 e. The van der Waals surface area contributed by atoms with Crippen molar-refractivity contribution in [3.63, 3.8) is 0 Å². The minimum absolute atomic E-state index is 0.182. The molecule has 0 fully saturated rings. The molecular weight excluding hydrogens is 436 g/mol. The maximum absolute atomic E-state index is 13.4. The summed E-state index contributed by atoms with van der Waals surface area (Å²) in [5.41, 5.74) is 3.03. The van der Waals surface area contributed by atoms with Crippen molar-refractivity contribution in [2.45, 2.75) is 32.9 Å². The van der Waals surface area contributed by atoms with Crippen LogP contribution in [-0.2, 0) is 22.6 Å². The van der Waals surface area contributed by atoms with Gasteiger partial charge < -0.3 is 15.0 Å². The standard InChI is InChI=1S/C27H29ClN2O3/c1-3-29-27(32)25(17-21-9-5-4-6-10-21)30(18-22-11-7-8-20(2)16-22)26(31)19-33-24-14-12-23(28)13-15-24/h4-16,25H,3,17-19H2,1-2H3,(H,29,32). The highest BCUT2D eigenvalue weighted by molar-refractivity contribution is 6.30. The van der Waals surface area contributed by atoms with E-state index in [1.807, 2.05) is 68.4 Å². The molecule has 0 aliphatic rings. The predicted octanol–water partition coefficient (Wildman–Crippen LogP) is 4.80. The molecule has 5 nitrogen and oxygen atoms in total. The van der Waals surface area contributed by atoms with Gasteiger partial charge >= 0.3 is 0 Å². The third kappa shape index (κ3) is 7.36. The Kier molecular flexibility index (Phi) is 8.90. The molecule has 1 atom stereocenters. The van der Waals surface area contributed by atoms with Crippen molar-refractivity contribution in [2.75, 3.05) is 13.2 Å². The number of halogens is 1. The molecule has 0 bridgehead atoms. The summed E-state index contributed by atoms with van der Waals surface area (Å²) in [5, 5.41) is 3.48. The van der Waals surface area contributed by atoms with E-state index in [0.29, 0.717) is 30.3 Å². The molecule has 0 saturated carbocycles. The van der Waals surface area contributed by atoms with E-state index in [1.54, 1.807) is 29.2 Å². The van der Waals surface area contributed by atoms with Crippen LogP contribution in [0, 0.1) is 6.92 Å². The molecular formula is C27H29ClN2O3. The van der Waals surface area contributed by atoms with Gasteiger partial charge in [0, 0.05) is 24.5 Å².